The number of carbonyl (C=O) groups is 1. The number of nitrogen functional groups attached to an aromatic ring is 1. The van der Waals surface area contributed by atoms with Gasteiger partial charge in [0.25, 0.3) is 0 Å². The molecule has 0 radical (unpaired) electrons. The number of nitrogens with zero attached hydrogens (tertiary/aromatic N) is 2. The van der Waals surface area contributed by atoms with E-state index in [1.807, 2.05) is 37.4 Å². The number of allylic oxidation sites excluding steroid dienone is 1. The Morgan fingerprint density at radius 1 is 1.35 bits per heavy atom. The first-order chi connectivity index (χ1) is 16.4. The van der Waals surface area contributed by atoms with Crippen LogP contribution >= 0.6 is 11.3 Å². The molecule has 3 aromatic rings. The Bertz CT molecular complexity index is 1180. The summed E-state index contributed by atoms with van der Waals surface area (Å²) in [6.07, 6.45) is 3.03. The van der Waals surface area contributed by atoms with Crippen molar-refractivity contribution in [1.82, 2.24) is 15.2 Å². The van der Waals surface area contributed by atoms with Crippen molar-refractivity contribution >= 4 is 49.9 Å². The number of benzene rings is 1. The molecule has 1 unspecified atom stereocenters. The van der Waals surface area contributed by atoms with Crippen molar-refractivity contribution in [3.8, 4) is 0 Å². The third-order valence-electron chi connectivity index (χ3n) is 6.03. The molecule has 1 amide bonds. The molecule has 1 aromatic carbocycles. The highest BCUT2D eigenvalue weighted by atomic mass is 32.1. The van der Waals surface area contributed by atoms with Crippen LogP contribution in [0.1, 0.15) is 22.9 Å². The van der Waals surface area contributed by atoms with Crippen LogP contribution in [0.5, 0.6) is 0 Å². The standard InChI is InChI=1S/C24H31N7O2S/c1-28-13-16(12-25)15-3-4-17(18(26)9-15)24(27)20-10-21-19(29-20)11-23(34-21)30(2)22(32)14-31-5-7-33-8-6-31/h3-4,9-13,24-25,28-29H,5-8,14,26-27H2,1-2H3/b16-13+,25-12?. The quantitative estimate of drug-likeness (QED) is 0.247. The van der Waals surface area contributed by atoms with Gasteiger partial charge in [-0.25, -0.2) is 0 Å². The SMILES string of the molecule is CN/C=C(\C=N)c1ccc(C(N)c2cc3sc(N(C)C(=O)CN4CCOCC4)cc3[nH]2)c(N)c1. The van der Waals surface area contributed by atoms with E-state index in [1.165, 1.54) is 6.21 Å². The number of likely N-dealkylation sites (N-methyl/N-ethyl adjacent to an activating group) is 1. The van der Waals surface area contributed by atoms with E-state index in [0.29, 0.717) is 25.4 Å². The Balaban J connectivity index is 1.49. The third kappa shape index (κ3) is 5.00. The van der Waals surface area contributed by atoms with E-state index < -0.39 is 6.04 Å². The van der Waals surface area contributed by atoms with Gasteiger partial charge in [0.1, 0.15) is 5.00 Å². The highest BCUT2D eigenvalue weighted by Crippen LogP contribution is 2.35. The van der Waals surface area contributed by atoms with Crippen molar-refractivity contribution in [3.05, 3.63) is 53.4 Å². The third-order valence-corrected chi connectivity index (χ3v) is 7.18. The van der Waals surface area contributed by atoms with Gasteiger partial charge in [0.15, 0.2) is 0 Å². The summed E-state index contributed by atoms with van der Waals surface area (Å²) >= 11 is 1.55. The van der Waals surface area contributed by atoms with Crippen molar-refractivity contribution in [3.63, 3.8) is 0 Å². The van der Waals surface area contributed by atoms with Crippen LogP contribution in [-0.4, -0.2) is 68.9 Å². The molecule has 0 spiro atoms. The number of anilines is 2. The summed E-state index contributed by atoms with van der Waals surface area (Å²) in [6.45, 7) is 3.30. The number of carbonyl (C=O) groups excluding carboxylic acids is 1. The minimum atomic E-state index is -0.422. The molecule has 4 rings (SSSR count). The zero-order chi connectivity index (χ0) is 24.2. The molecule has 180 valence electrons. The molecule has 1 atom stereocenters. The van der Waals surface area contributed by atoms with Crippen LogP contribution in [0.15, 0.2) is 36.5 Å². The molecule has 1 aliphatic rings. The minimum Gasteiger partial charge on any atom is -0.398 e. The number of fused-ring (bicyclic) bond motifs is 1. The number of nitrogens with two attached hydrogens (primary N) is 2. The predicted octanol–water partition coefficient (Wildman–Crippen LogP) is 2.36. The Hall–Kier alpha value is -3.18. The molecule has 2 aromatic heterocycles. The zero-order valence-corrected chi connectivity index (χ0v) is 20.2. The fourth-order valence-electron chi connectivity index (χ4n) is 4.01. The van der Waals surface area contributed by atoms with Gasteiger partial charge in [0.05, 0.1) is 36.0 Å². The van der Waals surface area contributed by atoms with Gasteiger partial charge in [0, 0.05) is 56.6 Å². The van der Waals surface area contributed by atoms with E-state index in [2.05, 4.69) is 15.2 Å². The fourth-order valence-corrected chi connectivity index (χ4v) is 5.06. The van der Waals surface area contributed by atoms with E-state index in [9.17, 15) is 4.79 Å². The van der Waals surface area contributed by atoms with Crippen molar-refractivity contribution < 1.29 is 9.53 Å². The van der Waals surface area contributed by atoms with Gasteiger partial charge >= 0.3 is 0 Å². The lowest BCUT2D eigenvalue weighted by Crippen LogP contribution is -2.43. The lowest BCUT2D eigenvalue weighted by molar-refractivity contribution is -0.120. The number of morpholine rings is 1. The molecule has 9 nitrogen and oxygen atoms in total. The van der Waals surface area contributed by atoms with Crippen LogP contribution in [0.25, 0.3) is 15.8 Å². The molecular formula is C24H31N7O2S. The maximum Gasteiger partial charge on any atom is 0.241 e. The number of H-pyrrole nitrogens is 1. The van der Waals surface area contributed by atoms with Crippen molar-refractivity contribution in [2.24, 2.45) is 5.73 Å². The molecule has 1 fully saturated rings. The van der Waals surface area contributed by atoms with Gasteiger partial charge in [-0.05, 0) is 29.3 Å². The smallest absolute Gasteiger partial charge is 0.241 e. The van der Waals surface area contributed by atoms with Crippen LogP contribution in [0.2, 0.25) is 0 Å². The van der Waals surface area contributed by atoms with Crippen LogP contribution in [-0.2, 0) is 9.53 Å². The van der Waals surface area contributed by atoms with E-state index >= 15 is 0 Å². The number of aromatic nitrogens is 1. The van der Waals surface area contributed by atoms with E-state index in [-0.39, 0.29) is 5.91 Å². The fraction of sp³-hybridized carbons (Fsp3) is 0.333. The maximum atomic E-state index is 12.7. The molecule has 10 heteroatoms. The number of hydrogen-bond acceptors (Lipinski definition) is 8. The van der Waals surface area contributed by atoms with Gasteiger partial charge in [-0.15, -0.1) is 11.3 Å². The van der Waals surface area contributed by atoms with Crippen molar-refractivity contribution in [2.45, 2.75) is 6.04 Å². The normalized spacial score (nSPS) is 15.9. The summed E-state index contributed by atoms with van der Waals surface area (Å²) in [5.41, 5.74) is 17.6. The average Bonchev–Trinajstić information content (AvgIpc) is 3.42. The number of nitrogens with one attached hydrogen (secondary N) is 3. The van der Waals surface area contributed by atoms with Crippen LogP contribution in [0.3, 0.4) is 0 Å². The van der Waals surface area contributed by atoms with Crippen molar-refractivity contribution in [2.75, 3.05) is 57.6 Å². The molecule has 0 bridgehead atoms. The maximum absolute atomic E-state index is 12.7. The largest absolute Gasteiger partial charge is 0.398 e. The molecule has 1 saturated heterocycles. The average molecular weight is 482 g/mol. The number of aromatic amines is 1. The first kappa shape index (κ1) is 24.0. The van der Waals surface area contributed by atoms with Crippen molar-refractivity contribution in [1.29, 1.82) is 5.41 Å². The first-order valence-corrected chi connectivity index (χ1v) is 11.9. The highest BCUT2D eigenvalue weighted by molar-refractivity contribution is 7.23. The second-order valence-electron chi connectivity index (χ2n) is 8.28. The Kier molecular flexibility index (Phi) is 7.32. The molecule has 7 N–H and O–H groups in total. The molecule has 0 aliphatic carbocycles. The predicted molar refractivity (Wildman–Crippen MR) is 140 cm³/mol. The first-order valence-electron chi connectivity index (χ1n) is 11.1. The van der Waals surface area contributed by atoms with E-state index in [1.54, 1.807) is 29.5 Å². The zero-order valence-electron chi connectivity index (χ0n) is 19.4. The second kappa shape index (κ2) is 10.4. The van der Waals surface area contributed by atoms with Crippen LogP contribution in [0.4, 0.5) is 10.7 Å². The topological polar surface area (TPSA) is 136 Å². The van der Waals surface area contributed by atoms with Gasteiger partial charge < -0.3 is 36.8 Å². The summed E-state index contributed by atoms with van der Waals surface area (Å²) in [6, 6.07) is 9.24. The summed E-state index contributed by atoms with van der Waals surface area (Å²) < 4.78 is 6.39. The van der Waals surface area contributed by atoms with Crippen LogP contribution in [0, 0.1) is 5.41 Å². The summed E-state index contributed by atoms with van der Waals surface area (Å²) in [4.78, 5) is 20.0. The molecule has 0 saturated carbocycles. The Morgan fingerprint density at radius 2 is 2.12 bits per heavy atom. The lowest BCUT2D eigenvalue weighted by Gasteiger charge is -2.27. The molecule has 34 heavy (non-hydrogen) atoms. The number of hydrogen-bond donors (Lipinski definition) is 5. The highest BCUT2D eigenvalue weighted by Gasteiger charge is 2.21. The van der Waals surface area contributed by atoms with E-state index in [0.717, 1.165) is 50.7 Å². The second-order valence-corrected chi connectivity index (χ2v) is 9.34. The minimum absolute atomic E-state index is 0.0622. The van der Waals surface area contributed by atoms with Gasteiger partial charge in [-0.3, -0.25) is 9.69 Å². The molecule has 1 aliphatic heterocycles. The van der Waals surface area contributed by atoms with Gasteiger partial charge in [-0.2, -0.15) is 0 Å². The summed E-state index contributed by atoms with van der Waals surface area (Å²) in [5, 5.41) is 11.4. The Morgan fingerprint density at radius 3 is 2.76 bits per heavy atom. The van der Waals surface area contributed by atoms with Gasteiger partial charge in [-0.1, -0.05) is 12.1 Å². The Labute approximate surface area is 202 Å². The summed E-state index contributed by atoms with van der Waals surface area (Å²) in [7, 11) is 3.60. The molecular weight excluding hydrogens is 450 g/mol. The van der Waals surface area contributed by atoms with E-state index in [4.69, 9.17) is 21.6 Å². The van der Waals surface area contributed by atoms with Crippen LogP contribution < -0.4 is 21.7 Å². The number of amides is 1. The number of thiophene rings is 1. The van der Waals surface area contributed by atoms with Gasteiger partial charge in [0.2, 0.25) is 5.91 Å². The summed E-state index contributed by atoms with van der Waals surface area (Å²) in [5.74, 6) is 0.0622. The molecule has 3 heterocycles. The number of rotatable bonds is 8. The lowest BCUT2D eigenvalue weighted by atomic mass is 9.98. The monoisotopic (exact) mass is 481 g/mol. The number of ether oxygens (including phenoxy) is 1.